The largest absolute Gasteiger partial charge is 0.476 e. The first-order valence-corrected chi connectivity index (χ1v) is 4.92. The van der Waals surface area contributed by atoms with Crippen LogP contribution in [0.3, 0.4) is 0 Å². The average Bonchev–Trinajstić information content (AvgIpc) is 2.20. The van der Waals surface area contributed by atoms with E-state index in [0.29, 0.717) is 11.3 Å². The molecular formula is C10H10BrNO2. The molecule has 0 amide bonds. The second-order valence-electron chi connectivity index (χ2n) is 2.80. The van der Waals surface area contributed by atoms with Gasteiger partial charge in [0.15, 0.2) is 6.10 Å². The summed E-state index contributed by atoms with van der Waals surface area (Å²) in [5.74, 6) is 0.546. The van der Waals surface area contributed by atoms with Crippen molar-refractivity contribution >= 4 is 15.9 Å². The van der Waals surface area contributed by atoms with Gasteiger partial charge in [-0.15, -0.1) is 0 Å². The van der Waals surface area contributed by atoms with Crippen molar-refractivity contribution < 1.29 is 9.84 Å². The second kappa shape index (κ2) is 4.99. The van der Waals surface area contributed by atoms with E-state index in [1.54, 1.807) is 25.1 Å². The van der Waals surface area contributed by atoms with Crippen LogP contribution >= 0.6 is 15.9 Å². The van der Waals surface area contributed by atoms with E-state index < -0.39 is 6.10 Å². The Morgan fingerprint density at radius 1 is 1.64 bits per heavy atom. The third-order valence-corrected chi connectivity index (χ3v) is 2.17. The Morgan fingerprint density at radius 2 is 2.36 bits per heavy atom. The maximum Gasteiger partial charge on any atom is 0.181 e. The first kappa shape index (κ1) is 11.0. The summed E-state index contributed by atoms with van der Waals surface area (Å²) in [5, 5.41) is 17.6. The quantitative estimate of drug-likeness (QED) is 0.902. The standard InChI is InChI=1S/C10H10BrNO2/c1-7(5-12)14-10-3-2-9(11)4-8(10)6-13/h2-4,7,13H,6H2,1H3. The van der Waals surface area contributed by atoms with Crippen LogP contribution in [0.4, 0.5) is 0 Å². The molecule has 0 spiro atoms. The topological polar surface area (TPSA) is 53.2 Å². The highest BCUT2D eigenvalue weighted by molar-refractivity contribution is 9.10. The number of ether oxygens (including phenoxy) is 1. The molecule has 0 bridgehead atoms. The number of aliphatic hydroxyl groups is 1. The van der Waals surface area contributed by atoms with Crippen molar-refractivity contribution in [1.82, 2.24) is 0 Å². The van der Waals surface area contributed by atoms with Crippen LogP contribution in [0.25, 0.3) is 0 Å². The second-order valence-corrected chi connectivity index (χ2v) is 3.72. The molecule has 3 nitrogen and oxygen atoms in total. The van der Waals surface area contributed by atoms with E-state index in [1.165, 1.54) is 0 Å². The molecule has 0 aromatic heterocycles. The zero-order valence-electron chi connectivity index (χ0n) is 7.70. The van der Waals surface area contributed by atoms with Gasteiger partial charge in [0.1, 0.15) is 11.8 Å². The van der Waals surface area contributed by atoms with Crippen molar-refractivity contribution in [3.05, 3.63) is 28.2 Å². The van der Waals surface area contributed by atoms with Crippen molar-refractivity contribution in [2.45, 2.75) is 19.6 Å². The van der Waals surface area contributed by atoms with Gasteiger partial charge in [-0.2, -0.15) is 5.26 Å². The van der Waals surface area contributed by atoms with E-state index in [0.717, 1.165) is 4.47 Å². The normalized spacial score (nSPS) is 11.9. The lowest BCUT2D eigenvalue weighted by Gasteiger charge is -2.11. The predicted octanol–water partition coefficient (Wildman–Crippen LogP) is 2.23. The molecule has 1 unspecified atom stereocenters. The van der Waals surface area contributed by atoms with E-state index in [2.05, 4.69) is 15.9 Å². The van der Waals surface area contributed by atoms with Crippen molar-refractivity contribution in [1.29, 1.82) is 5.26 Å². The summed E-state index contributed by atoms with van der Waals surface area (Å²) in [5.41, 5.74) is 0.668. The summed E-state index contributed by atoms with van der Waals surface area (Å²) in [6.45, 7) is 1.55. The Labute approximate surface area is 91.1 Å². The van der Waals surface area contributed by atoms with Gasteiger partial charge in [0.05, 0.1) is 6.61 Å². The lowest BCUT2D eigenvalue weighted by atomic mass is 10.2. The fourth-order valence-corrected chi connectivity index (χ4v) is 1.41. The minimum atomic E-state index is -0.513. The van der Waals surface area contributed by atoms with Gasteiger partial charge >= 0.3 is 0 Å². The SMILES string of the molecule is CC(C#N)Oc1ccc(Br)cc1CO. The molecule has 0 heterocycles. The van der Waals surface area contributed by atoms with E-state index in [1.807, 2.05) is 6.07 Å². The molecule has 4 heteroatoms. The molecular weight excluding hydrogens is 246 g/mol. The number of aliphatic hydroxyl groups excluding tert-OH is 1. The maximum absolute atomic E-state index is 9.04. The van der Waals surface area contributed by atoms with E-state index in [4.69, 9.17) is 15.1 Å². The Kier molecular flexibility index (Phi) is 3.93. The number of hydrogen-bond acceptors (Lipinski definition) is 3. The first-order valence-electron chi connectivity index (χ1n) is 4.13. The van der Waals surface area contributed by atoms with E-state index in [-0.39, 0.29) is 6.61 Å². The Hall–Kier alpha value is -1.05. The third kappa shape index (κ3) is 2.72. The highest BCUT2D eigenvalue weighted by Crippen LogP contribution is 2.23. The van der Waals surface area contributed by atoms with Gasteiger partial charge in [-0.3, -0.25) is 0 Å². The molecule has 1 rings (SSSR count). The molecule has 0 fully saturated rings. The van der Waals surface area contributed by atoms with Crippen molar-refractivity contribution in [3.8, 4) is 11.8 Å². The third-order valence-electron chi connectivity index (χ3n) is 1.68. The van der Waals surface area contributed by atoms with Gasteiger partial charge in [0, 0.05) is 10.0 Å². The minimum absolute atomic E-state index is 0.104. The minimum Gasteiger partial charge on any atom is -0.476 e. The fraction of sp³-hybridized carbons (Fsp3) is 0.300. The van der Waals surface area contributed by atoms with Gasteiger partial charge in [-0.05, 0) is 25.1 Å². The molecule has 0 radical (unpaired) electrons. The lowest BCUT2D eigenvalue weighted by molar-refractivity contribution is 0.247. The van der Waals surface area contributed by atoms with Crippen LogP contribution in [0.5, 0.6) is 5.75 Å². The molecule has 1 aromatic carbocycles. The van der Waals surface area contributed by atoms with Gasteiger partial charge in [-0.25, -0.2) is 0 Å². The molecule has 1 atom stereocenters. The van der Waals surface area contributed by atoms with Gasteiger partial charge < -0.3 is 9.84 Å². The summed E-state index contributed by atoms with van der Waals surface area (Å²) in [6.07, 6.45) is -0.513. The smallest absolute Gasteiger partial charge is 0.181 e. The Morgan fingerprint density at radius 3 is 2.93 bits per heavy atom. The van der Waals surface area contributed by atoms with Crippen LogP contribution in [-0.2, 0) is 6.61 Å². The summed E-state index contributed by atoms with van der Waals surface area (Å²) in [7, 11) is 0. The number of rotatable bonds is 3. The molecule has 0 aliphatic heterocycles. The van der Waals surface area contributed by atoms with Crippen LogP contribution in [-0.4, -0.2) is 11.2 Å². The average molecular weight is 256 g/mol. The van der Waals surface area contributed by atoms with Gasteiger partial charge in [0.2, 0.25) is 0 Å². The molecule has 74 valence electrons. The number of hydrogen-bond donors (Lipinski definition) is 1. The highest BCUT2D eigenvalue weighted by atomic mass is 79.9. The van der Waals surface area contributed by atoms with Crippen molar-refractivity contribution in [2.24, 2.45) is 0 Å². The number of halogens is 1. The molecule has 1 aromatic rings. The Balaban J connectivity index is 2.92. The van der Waals surface area contributed by atoms with Crippen LogP contribution < -0.4 is 4.74 Å². The highest BCUT2D eigenvalue weighted by Gasteiger charge is 2.07. The molecule has 0 aliphatic carbocycles. The van der Waals surface area contributed by atoms with Gasteiger partial charge in [-0.1, -0.05) is 15.9 Å². The zero-order valence-corrected chi connectivity index (χ0v) is 9.28. The van der Waals surface area contributed by atoms with Crippen molar-refractivity contribution in [2.75, 3.05) is 0 Å². The van der Waals surface area contributed by atoms with Crippen LogP contribution in [0.15, 0.2) is 22.7 Å². The summed E-state index contributed by atoms with van der Waals surface area (Å²) in [4.78, 5) is 0. The van der Waals surface area contributed by atoms with Crippen LogP contribution in [0, 0.1) is 11.3 Å². The monoisotopic (exact) mass is 255 g/mol. The molecule has 14 heavy (non-hydrogen) atoms. The summed E-state index contributed by atoms with van der Waals surface area (Å²) in [6, 6.07) is 7.26. The van der Waals surface area contributed by atoms with E-state index in [9.17, 15) is 0 Å². The zero-order chi connectivity index (χ0) is 10.6. The van der Waals surface area contributed by atoms with Crippen LogP contribution in [0.2, 0.25) is 0 Å². The summed E-state index contributed by atoms with van der Waals surface area (Å²) < 4.78 is 6.17. The predicted molar refractivity (Wildman–Crippen MR) is 55.8 cm³/mol. The number of nitriles is 1. The lowest BCUT2D eigenvalue weighted by Crippen LogP contribution is -2.09. The molecule has 1 N–H and O–H groups in total. The molecule has 0 aliphatic rings. The number of nitrogens with zero attached hydrogens (tertiary/aromatic N) is 1. The fourth-order valence-electron chi connectivity index (χ4n) is 1.00. The molecule has 0 saturated carbocycles. The Bertz CT molecular complexity index is 360. The van der Waals surface area contributed by atoms with E-state index >= 15 is 0 Å². The first-order chi connectivity index (χ1) is 6.67. The van der Waals surface area contributed by atoms with Crippen LogP contribution in [0.1, 0.15) is 12.5 Å². The number of benzene rings is 1. The molecule has 0 saturated heterocycles. The maximum atomic E-state index is 9.04. The summed E-state index contributed by atoms with van der Waals surface area (Å²) >= 11 is 3.29. The van der Waals surface area contributed by atoms with Crippen molar-refractivity contribution in [3.63, 3.8) is 0 Å². The van der Waals surface area contributed by atoms with Gasteiger partial charge in [0.25, 0.3) is 0 Å².